The van der Waals surface area contributed by atoms with Crippen molar-refractivity contribution in [1.82, 2.24) is 0 Å². The molecule has 1 aliphatic heterocycles. The Morgan fingerprint density at radius 1 is 1.14 bits per heavy atom. The Morgan fingerprint density at radius 2 is 1.82 bits per heavy atom. The second-order valence-electron chi connectivity index (χ2n) is 6.20. The molecule has 0 aliphatic carbocycles. The number of quaternary nitrogens is 1. The second kappa shape index (κ2) is 6.46. The van der Waals surface area contributed by atoms with Gasteiger partial charge >= 0.3 is 0 Å². The summed E-state index contributed by atoms with van der Waals surface area (Å²) in [6, 6.07) is 14.2. The third kappa shape index (κ3) is 3.64. The molecule has 1 saturated heterocycles. The lowest BCUT2D eigenvalue weighted by Crippen LogP contribution is -3.16. The number of anilines is 1. The van der Waals surface area contributed by atoms with Crippen molar-refractivity contribution in [1.29, 1.82) is 0 Å². The average molecular weight is 299 g/mol. The summed E-state index contributed by atoms with van der Waals surface area (Å²) in [5.74, 6) is 0.0616. The molecule has 1 aliphatic rings. The Hall–Kier alpha value is -1.91. The number of carbonyl (C=O) groups excluding carboxylic acids is 1. The molecule has 3 rings (SSSR count). The molecule has 0 saturated carbocycles. The van der Waals surface area contributed by atoms with E-state index in [0.29, 0.717) is 6.54 Å². The zero-order chi connectivity index (χ0) is 15.5. The van der Waals surface area contributed by atoms with Crippen LogP contribution < -0.4 is 10.2 Å². The Bertz CT molecular complexity index is 661. The van der Waals surface area contributed by atoms with Crippen LogP contribution in [0.1, 0.15) is 13.8 Å². The first-order chi connectivity index (χ1) is 10.6. The fourth-order valence-electron chi connectivity index (χ4n) is 3.23. The summed E-state index contributed by atoms with van der Waals surface area (Å²) in [7, 11) is 0. The van der Waals surface area contributed by atoms with Gasteiger partial charge in [0.25, 0.3) is 5.91 Å². The molecule has 2 aromatic carbocycles. The van der Waals surface area contributed by atoms with Gasteiger partial charge < -0.3 is 15.0 Å². The molecule has 2 N–H and O–H groups in total. The number of ether oxygens (including phenoxy) is 1. The van der Waals surface area contributed by atoms with Gasteiger partial charge in [-0.3, -0.25) is 4.79 Å². The minimum atomic E-state index is 0.0616. The van der Waals surface area contributed by atoms with E-state index >= 15 is 0 Å². The van der Waals surface area contributed by atoms with Crippen LogP contribution in [0.25, 0.3) is 10.8 Å². The second-order valence-corrected chi connectivity index (χ2v) is 6.20. The van der Waals surface area contributed by atoms with Crippen molar-refractivity contribution in [3.63, 3.8) is 0 Å². The molecular formula is C18H23N2O2+. The van der Waals surface area contributed by atoms with Gasteiger partial charge in [0.1, 0.15) is 25.3 Å². The van der Waals surface area contributed by atoms with Crippen molar-refractivity contribution in [3.8, 4) is 0 Å². The van der Waals surface area contributed by atoms with E-state index in [9.17, 15) is 4.79 Å². The number of nitrogens with one attached hydrogen (secondary N) is 2. The first-order valence-electron chi connectivity index (χ1n) is 7.88. The van der Waals surface area contributed by atoms with Crippen LogP contribution in [0, 0.1) is 0 Å². The lowest BCUT2D eigenvalue weighted by atomic mass is 10.1. The number of hydrogen-bond acceptors (Lipinski definition) is 2. The smallest absolute Gasteiger partial charge is 0.279 e. The monoisotopic (exact) mass is 299 g/mol. The van der Waals surface area contributed by atoms with Crippen molar-refractivity contribution in [2.24, 2.45) is 0 Å². The third-order valence-corrected chi connectivity index (χ3v) is 4.06. The Morgan fingerprint density at radius 3 is 2.55 bits per heavy atom. The van der Waals surface area contributed by atoms with Crippen molar-refractivity contribution in [3.05, 3.63) is 42.5 Å². The number of benzene rings is 2. The molecule has 2 aromatic rings. The maximum Gasteiger partial charge on any atom is 0.279 e. The molecule has 0 bridgehead atoms. The van der Waals surface area contributed by atoms with Crippen LogP contribution >= 0.6 is 0 Å². The third-order valence-electron chi connectivity index (χ3n) is 4.06. The fourth-order valence-corrected chi connectivity index (χ4v) is 3.23. The molecule has 22 heavy (non-hydrogen) atoms. The van der Waals surface area contributed by atoms with E-state index in [1.807, 2.05) is 30.3 Å². The van der Waals surface area contributed by atoms with Gasteiger partial charge in [0.2, 0.25) is 0 Å². The highest BCUT2D eigenvalue weighted by molar-refractivity contribution is 5.94. The predicted molar refractivity (Wildman–Crippen MR) is 88.2 cm³/mol. The zero-order valence-corrected chi connectivity index (χ0v) is 13.1. The van der Waals surface area contributed by atoms with Crippen molar-refractivity contribution in [2.75, 3.05) is 25.0 Å². The molecule has 1 heterocycles. The fraction of sp³-hybridized carbons (Fsp3) is 0.389. The van der Waals surface area contributed by atoms with Crippen LogP contribution in [-0.4, -0.2) is 37.7 Å². The molecule has 1 amide bonds. The molecule has 116 valence electrons. The first-order valence-corrected chi connectivity index (χ1v) is 7.88. The van der Waals surface area contributed by atoms with Crippen LogP contribution in [0.3, 0.4) is 0 Å². The van der Waals surface area contributed by atoms with Crippen LogP contribution in [-0.2, 0) is 9.53 Å². The van der Waals surface area contributed by atoms with E-state index < -0.39 is 0 Å². The van der Waals surface area contributed by atoms with E-state index in [1.165, 1.54) is 10.3 Å². The predicted octanol–water partition coefficient (Wildman–Crippen LogP) is 1.47. The summed E-state index contributed by atoms with van der Waals surface area (Å²) >= 11 is 0. The lowest BCUT2D eigenvalue weighted by Gasteiger charge is -2.31. The highest BCUT2D eigenvalue weighted by Gasteiger charge is 2.27. The van der Waals surface area contributed by atoms with E-state index in [2.05, 4.69) is 31.3 Å². The zero-order valence-electron chi connectivity index (χ0n) is 13.1. The van der Waals surface area contributed by atoms with Gasteiger partial charge in [-0.2, -0.15) is 0 Å². The quantitative estimate of drug-likeness (QED) is 0.901. The minimum absolute atomic E-state index is 0.0616. The first kappa shape index (κ1) is 15.0. The van der Waals surface area contributed by atoms with Gasteiger partial charge in [-0.25, -0.2) is 0 Å². The van der Waals surface area contributed by atoms with Gasteiger partial charge in [0, 0.05) is 5.69 Å². The Balaban J connectivity index is 1.63. The summed E-state index contributed by atoms with van der Waals surface area (Å²) in [5, 5.41) is 5.33. The summed E-state index contributed by atoms with van der Waals surface area (Å²) < 4.78 is 5.71. The van der Waals surface area contributed by atoms with Gasteiger partial charge in [-0.1, -0.05) is 30.3 Å². The van der Waals surface area contributed by atoms with E-state index in [4.69, 9.17) is 4.74 Å². The van der Waals surface area contributed by atoms with E-state index in [1.54, 1.807) is 0 Å². The van der Waals surface area contributed by atoms with E-state index in [0.717, 1.165) is 24.2 Å². The molecule has 0 spiro atoms. The number of morpholine rings is 1. The summed E-state index contributed by atoms with van der Waals surface area (Å²) in [6.07, 6.45) is 0.430. The van der Waals surface area contributed by atoms with Crippen molar-refractivity contribution >= 4 is 22.4 Å². The van der Waals surface area contributed by atoms with Crippen LogP contribution in [0.4, 0.5) is 5.69 Å². The standard InChI is InChI=1S/C18H22N2O2/c1-13-10-20(11-14(2)22-13)12-18(21)19-17-8-7-15-5-3-4-6-16(15)9-17/h3-9,13-14H,10-12H2,1-2H3,(H,19,21)/p+1/t13-,14+. The molecule has 4 nitrogen and oxygen atoms in total. The average Bonchev–Trinajstić information content (AvgIpc) is 2.45. The number of amides is 1. The van der Waals surface area contributed by atoms with Crippen LogP contribution in [0.2, 0.25) is 0 Å². The maximum atomic E-state index is 12.3. The van der Waals surface area contributed by atoms with Crippen molar-refractivity contribution < 1.29 is 14.4 Å². The molecule has 1 fully saturated rings. The van der Waals surface area contributed by atoms with Gasteiger partial charge in [0.05, 0.1) is 0 Å². The van der Waals surface area contributed by atoms with Crippen molar-refractivity contribution in [2.45, 2.75) is 26.1 Å². The molecule has 4 heteroatoms. The lowest BCUT2D eigenvalue weighted by molar-refractivity contribution is -0.907. The highest BCUT2D eigenvalue weighted by Crippen LogP contribution is 2.18. The topological polar surface area (TPSA) is 42.8 Å². The van der Waals surface area contributed by atoms with Gasteiger partial charge in [-0.15, -0.1) is 0 Å². The summed E-state index contributed by atoms with van der Waals surface area (Å²) in [6.45, 7) is 6.39. The minimum Gasteiger partial charge on any atom is -0.364 e. The summed E-state index contributed by atoms with van der Waals surface area (Å²) in [4.78, 5) is 13.5. The SMILES string of the molecule is C[C@@H]1C[NH+](CC(=O)Nc2ccc3ccccc3c2)C[C@H](C)O1. The number of carbonyl (C=O) groups is 1. The normalized spacial score (nSPS) is 25.1. The molecule has 0 aromatic heterocycles. The van der Waals surface area contributed by atoms with Gasteiger partial charge in [0.15, 0.2) is 6.54 Å². The molecule has 0 radical (unpaired) electrons. The number of hydrogen-bond donors (Lipinski definition) is 2. The maximum absolute atomic E-state index is 12.3. The Kier molecular flexibility index (Phi) is 4.41. The number of fused-ring (bicyclic) bond motifs is 1. The van der Waals surface area contributed by atoms with Crippen LogP contribution in [0.5, 0.6) is 0 Å². The highest BCUT2D eigenvalue weighted by atomic mass is 16.5. The summed E-state index contributed by atoms with van der Waals surface area (Å²) in [5.41, 5.74) is 0.859. The van der Waals surface area contributed by atoms with Gasteiger partial charge in [-0.05, 0) is 36.8 Å². The Labute approximate surface area is 131 Å². The van der Waals surface area contributed by atoms with Crippen LogP contribution in [0.15, 0.2) is 42.5 Å². The molecular weight excluding hydrogens is 276 g/mol. The van der Waals surface area contributed by atoms with E-state index in [-0.39, 0.29) is 18.1 Å². The largest absolute Gasteiger partial charge is 0.364 e. The number of rotatable bonds is 3. The molecule has 3 atom stereocenters. The molecule has 1 unspecified atom stereocenters.